The first-order valence-electron chi connectivity index (χ1n) is 5.40. The van der Waals surface area contributed by atoms with Crippen LogP contribution in [-0.2, 0) is 4.79 Å². The molecule has 0 rings (SSSR count). The largest absolute Gasteiger partial charge is 0.330 e. The van der Waals surface area contributed by atoms with Crippen LogP contribution >= 0.6 is 0 Å². The first-order valence-corrected chi connectivity index (χ1v) is 5.40. The van der Waals surface area contributed by atoms with Crippen LogP contribution in [0, 0.1) is 5.92 Å². The molecule has 0 aliphatic carbocycles. The molecule has 0 aromatic carbocycles. The van der Waals surface area contributed by atoms with Gasteiger partial charge < -0.3 is 10.5 Å². The van der Waals surface area contributed by atoms with E-state index in [9.17, 15) is 4.79 Å². The van der Waals surface area contributed by atoms with Crippen molar-refractivity contribution in [2.45, 2.75) is 52.4 Å². The van der Waals surface area contributed by atoms with Crippen molar-refractivity contribution in [2.75, 3.05) is 6.54 Å². The lowest BCUT2D eigenvalue weighted by Crippen LogP contribution is -2.09. The molecule has 0 spiro atoms. The van der Waals surface area contributed by atoms with E-state index < -0.39 is 0 Å². The van der Waals surface area contributed by atoms with Crippen LogP contribution in [-0.4, -0.2) is 12.3 Å². The summed E-state index contributed by atoms with van der Waals surface area (Å²) in [6, 6.07) is 0. The molecule has 0 saturated carbocycles. The molecular weight excluding hydrogens is 162 g/mol. The van der Waals surface area contributed by atoms with Gasteiger partial charge in [-0.25, -0.2) is 0 Å². The van der Waals surface area contributed by atoms with E-state index in [1.165, 1.54) is 19.3 Å². The molecule has 0 amide bonds. The van der Waals surface area contributed by atoms with Crippen LogP contribution in [0.4, 0.5) is 0 Å². The molecule has 2 N–H and O–H groups in total. The Kier molecular flexibility index (Phi) is 8.00. The Morgan fingerprint density at radius 2 is 1.92 bits per heavy atom. The third-order valence-electron chi connectivity index (χ3n) is 2.36. The first-order chi connectivity index (χ1) is 6.20. The number of rotatable bonds is 8. The zero-order valence-corrected chi connectivity index (χ0v) is 9.01. The summed E-state index contributed by atoms with van der Waals surface area (Å²) in [6.45, 7) is 4.62. The van der Waals surface area contributed by atoms with Crippen LogP contribution in [0.2, 0.25) is 0 Å². The average molecular weight is 185 g/mol. The topological polar surface area (TPSA) is 43.1 Å². The molecule has 0 aliphatic heterocycles. The Morgan fingerprint density at radius 1 is 1.31 bits per heavy atom. The summed E-state index contributed by atoms with van der Waals surface area (Å²) in [5.41, 5.74) is 5.45. The highest BCUT2D eigenvalue weighted by Crippen LogP contribution is 2.18. The van der Waals surface area contributed by atoms with Crippen LogP contribution in [0.1, 0.15) is 52.4 Å². The highest BCUT2D eigenvalue weighted by molar-refractivity contribution is 5.75. The third kappa shape index (κ3) is 7.97. The van der Waals surface area contributed by atoms with Gasteiger partial charge in [0.1, 0.15) is 5.78 Å². The zero-order chi connectivity index (χ0) is 10.1. The minimum absolute atomic E-state index is 0.318. The molecule has 0 radical (unpaired) electrons. The van der Waals surface area contributed by atoms with Gasteiger partial charge in [-0.1, -0.05) is 26.2 Å². The average Bonchev–Trinajstić information content (AvgIpc) is 2.09. The summed E-state index contributed by atoms with van der Waals surface area (Å²) >= 11 is 0. The molecule has 1 unspecified atom stereocenters. The van der Waals surface area contributed by atoms with Gasteiger partial charge in [0.15, 0.2) is 0 Å². The first kappa shape index (κ1) is 12.6. The van der Waals surface area contributed by atoms with Crippen molar-refractivity contribution in [1.82, 2.24) is 0 Å². The maximum absolute atomic E-state index is 10.9. The molecule has 2 nitrogen and oxygen atoms in total. The number of hydrogen-bond donors (Lipinski definition) is 1. The molecule has 78 valence electrons. The quantitative estimate of drug-likeness (QED) is 0.631. The van der Waals surface area contributed by atoms with Crippen LogP contribution in [0.25, 0.3) is 0 Å². The molecule has 0 heterocycles. The lowest BCUT2D eigenvalue weighted by atomic mass is 9.92. The van der Waals surface area contributed by atoms with Crippen molar-refractivity contribution in [3.05, 3.63) is 0 Å². The fourth-order valence-electron chi connectivity index (χ4n) is 1.65. The Bertz CT molecular complexity index is 126. The number of nitrogens with two attached hydrogens (primary N) is 1. The maximum Gasteiger partial charge on any atom is 0.130 e. The molecule has 0 aromatic heterocycles. The van der Waals surface area contributed by atoms with E-state index >= 15 is 0 Å². The van der Waals surface area contributed by atoms with Gasteiger partial charge in [-0.3, -0.25) is 0 Å². The maximum atomic E-state index is 10.9. The van der Waals surface area contributed by atoms with E-state index in [1.807, 2.05) is 0 Å². The monoisotopic (exact) mass is 185 g/mol. The van der Waals surface area contributed by atoms with Crippen molar-refractivity contribution >= 4 is 5.78 Å². The Hall–Kier alpha value is -0.370. The molecule has 0 aromatic rings. The summed E-state index contributed by atoms with van der Waals surface area (Å²) in [6.07, 6.45) is 6.58. The third-order valence-corrected chi connectivity index (χ3v) is 2.36. The highest BCUT2D eigenvalue weighted by atomic mass is 16.1. The van der Waals surface area contributed by atoms with Crippen molar-refractivity contribution in [3.63, 3.8) is 0 Å². The number of unbranched alkanes of at least 4 members (excludes halogenated alkanes) is 1. The fraction of sp³-hybridized carbons (Fsp3) is 0.909. The van der Waals surface area contributed by atoms with E-state index in [1.54, 1.807) is 6.92 Å². The van der Waals surface area contributed by atoms with Crippen LogP contribution < -0.4 is 5.73 Å². The second-order valence-electron chi connectivity index (χ2n) is 3.85. The normalized spacial score (nSPS) is 12.8. The van der Waals surface area contributed by atoms with Gasteiger partial charge in [-0.15, -0.1) is 0 Å². The van der Waals surface area contributed by atoms with Crippen LogP contribution in [0.3, 0.4) is 0 Å². The van der Waals surface area contributed by atoms with Crippen LogP contribution in [0.15, 0.2) is 0 Å². The second kappa shape index (κ2) is 8.24. The van der Waals surface area contributed by atoms with E-state index in [2.05, 4.69) is 6.92 Å². The standard InChI is InChI=1S/C11H23NO/c1-3-4-6-11(7-5-8-12)9-10(2)13/h11H,3-9,12H2,1-2H3. The molecule has 0 bridgehead atoms. The zero-order valence-electron chi connectivity index (χ0n) is 9.01. The van der Waals surface area contributed by atoms with Crippen LogP contribution in [0.5, 0.6) is 0 Å². The number of hydrogen-bond acceptors (Lipinski definition) is 2. The molecule has 0 fully saturated rings. The van der Waals surface area contributed by atoms with Gasteiger partial charge in [-0.05, 0) is 32.2 Å². The molecule has 0 saturated heterocycles. The van der Waals surface area contributed by atoms with E-state index in [4.69, 9.17) is 5.73 Å². The minimum atomic E-state index is 0.318. The molecule has 1 atom stereocenters. The van der Waals surface area contributed by atoms with E-state index in [0.717, 1.165) is 25.8 Å². The van der Waals surface area contributed by atoms with Gasteiger partial charge in [0, 0.05) is 6.42 Å². The molecule has 2 heteroatoms. The fourth-order valence-corrected chi connectivity index (χ4v) is 1.65. The lowest BCUT2D eigenvalue weighted by Gasteiger charge is -2.13. The summed E-state index contributed by atoms with van der Waals surface area (Å²) in [7, 11) is 0. The van der Waals surface area contributed by atoms with Gasteiger partial charge >= 0.3 is 0 Å². The predicted octanol–water partition coefficient (Wildman–Crippen LogP) is 2.51. The van der Waals surface area contributed by atoms with Gasteiger partial charge in [0.25, 0.3) is 0 Å². The number of ketones is 1. The summed E-state index contributed by atoms with van der Waals surface area (Å²) in [5.74, 6) is 0.902. The molecular formula is C11H23NO. The Balaban J connectivity index is 3.66. The number of carbonyl (C=O) groups is 1. The predicted molar refractivity (Wildman–Crippen MR) is 56.6 cm³/mol. The molecule has 0 aliphatic rings. The summed E-state index contributed by atoms with van der Waals surface area (Å²) < 4.78 is 0. The summed E-state index contributed by atoms with van der Waals surface area (Å²) in [4.78, 5) is 10.9. The van der Waals surface area contributed by atoms with Gasteiger partial charge in [-0.2, -0.15) is 0 Å². The Labute approximate surface area is 81.9 Å². The highest BCUT2D eigenvalue weighted by Gasteiger charge is 2.09. The second-order valence-corrected chi connectivity index (χ2v) is 3.85. The van der Waals surface area contributed by atoms with Crippen molar-refractivity contribution < 1.29 is 4.79 Å². The van der Waals surface area contributed by atoms with E-state index in [0.29, 0.717) is 11.7 Å². The van der Waals surface area contributed by atoms with E-state index in [-0.39, 0.29) is 0 Å². The van der Waals surface area contributed by atoms with Gasteiger partial charge in [0.05, 0.1) is 0 Å². The minimum Gasteiger partial charge on any atom is -0.330 e. The lowest BCUT2D eigenvalue weighted by molar-refractivity contribution is -0.118. The smallest absolute Gasteiger partial charge is 0.130 e. The SMILES string of the molecule is CCCCC(CCCN)CC(C)=O. The van der Waals surface area contributed by atoms with Gasteiger partial charge in [0.2, 0.25) is 0 Å². The van der Waals surface area contributed by atoms with Crippen molar-refractivity contribution in [2.24, 2.45) is 11.7 Å². The number of Topliss-reactive ketones (excluding diaryl/α,β-unsaturated/α-hetero) is 1. The van der Waals surface area contributed by atoms with Crippen molar-refractivity contribution in [1.29, 1.82) is 0 Å². The number of carbonyl (C=O) groups excluding carboxylic acids is 1. The summed E-state index contributed by atoms with van der Waals surface area (Å²) in [5, 5.41) is 0. The van der Waals surface area contributed by atoms with Crippen molar-refractivity contribution in [3.8, 4) is 0 Å². The Morgan fingerprint density at radius 3 is 2.38 bits per heavy atom. The molecule has 13 heavy (non-hydrogen) atoms.